The second-order valence-electron chi connectivity index (χ2n) is 4.05. The van der Waals surface area contributed by atoms with Crippen LogP contribution in [0.2, 0.25) is 0 Å². The van der Waals surface area contributed by atoms with Gasteiger partial charge in [0.25, 0.3) is 0 Å². The molecule has 0 aliphatic carbocycles. The van der Waals surface area contributed by atoms with Crippen LogP contribution in [0.1, 0.15) is 13.3 Å². The molecule has 1 N–H and O–H groups in total. The quantitative estimate of drug-likeness (QED) is 0.644. The molecule has 2 atom stereocenters. The van der Waals surface area contributed by atoms with E-state index in [1.54, 1.807) is 0 Å². The highest BCUT2D eigenvalue weighted by Gasteiger charge is 2.52. The van der Waals surface area contributed by atoms with Crippen LogP contribution in [0.25, 0.3) is 0 Å². The molecule has 0 radical (unpaired) electrons. The van der Waals surface area contributed by atoms with Crippen LogP contribution in [0.15, 0.2) is 0 Å². The molecule has 2 rings (SSSR count). The summed E-state index contributed by atoms with van der Waals surface area (Å²) in [6.45, 7) is 5.21. The first-order valence-electron chi connectivity index (χ1n) is 5.25. The smallest absolute Gasteiger partial charge is 0.316 e. The fourth-order valence-electron chi connectivity index (χ4n) is 2.41. The summed E-state index contributed by atoms with van der Waals surface area (Å²) in [6.07, 6.45) is 0.964. The zero-order valence-electron chi connectivity index (χ0n) is 8.54. The van der Waals surface area contributed by atoms with Crippen molar-refractivity contribution in [2.45, 2.75) is 13.3 Å². The van der Waals surface area contributed by atoms with Crippen LogP contribution < -0.4 is 5.32 Å². The van der Waals surface area contributed by atoms with Crippen LogP contribution in [0.3, 0.4) is 0 Å². The summed E-state index contributed by atoms with van der Waals surface area (Å²) < 4.78 is 10.5. The van der Waals surface area contributed by atoms with E-state index >= 15 is 0 Å². The Bertz CT molecular complexity index is 231. The first-order chi connectivity index (χ1) is 6.79. The number of hydrogen-bond acceptors (Lipinski definition) is 4. The maximum atomic E-state index is 11.9. The predicted octanol–water partition coefficient (Wildman–Crippen LogP) is 0.176. The van der Waals surface area contributed by atoms with Crippen molar-refractivity contribution in [1.82, 2.24) is 5.32 Å². The lowest BCUT2D eigenvalue weighted by Gasteiger charge is -2.35. The minimum absolute atomic E-state index is 0.0882. The fourth-order valence-corrected chi connectivity index (χ4v) is 2.41. The molecule has 2 heterocycles. The first kappa shape index (κ1) is 9.93. The Kier molecular flexibility index (Phi) is 2.74. The first-order valence-corrected chi connectivity index (χ1v) is 5.25. The van der Waals surface area contributed by atoms with Crippen LogP contribution in [0, 0.1) is 11.3 Å². The van der Waals surface area contributed by atoms with E-state index in [-0.39, 0.29) is 5.97 Å². The Labute approximate surface area is 84.0 Å². The van der Waals surface area contributed by atoms with Gasteiger partial charge in [-0.2, -0.15) is 0 Å². The Morgan fingerprint density at radius 2 is 2.57 bits per heavy atom. The zero-order chi connectivity index (χ0) is 10.0. The number of ether oxygens (including phenoxy) is 2. The largest absolute Gasteiger partial charge is 0.465 e. The highest BCUT2D eigenvalue weighted by Crippen LogP contribution is 2.38. The molecule has 0 aromatic heterocycles. The van der Waals surface area contributed by atoms with Gasteiger partial charge in [0.15, 0.2) is 0 Å². The van der Waals surface area contributed by atoms with Gasteiger partial charge >= 0.3 is 5.97 Å². The van der Waals surface area contributed by atoms with Crippen LogP contribution in [0.4, 0.5) is 0 Å². The molecule has 0 unspecified atom stereocenters. The Morgan fingerprint density at radius 3 is 3.36 bits per heavy atom. The number of carbonyl (C=O) groups excluding carboxylic acids is 1. The molecule has 80 valence electrons. The summed E-state index contributed by atoms with van der Waals surface area (Å²) in [5, 5.41) is 3.26. The van der Waals surface area contributed by atoms with Gasteiger partial charge in [0.05, 0.1) is 13.2 Å². The molecule has 0 bridgehead atoms. The van der Waals surface area contributed by atoms with E-state index in [0.29, 0.717) is 25.7 Å². The van der Waals surface area contributed by atoms with Gasteiger partial charge in [-0.1, -0.05) is 0 Å². The van der Waals surface area contributed by atoms with Gasteiger partial charge in [-0.3, -0.25) is 4.79 Å². The van der Waals surface area contributed by atoms with Crippen molar-refractivity contribution in [3.63, 3.8) is 0 Å². The molecule has 4 nitrogen and oxygen atoms in total. The summed E-state index contributed by atoms with van der Waals surface area (Å²) in [5.74, 6) is 0.310. The number of hydrogen-bond donors (Lipinski definition) is 1. The lowest BCUT2D eigenvalue weighted by atomic mass is 9.76. The van der Waals surface area contributed by atoms with E-state index in [0.717, 1.165) is 19.6 Å². The van der Waals surface area contributed by atoms with Crippen molar-refractivity contribution in [3.8, 4) is 0 Å². The Hall–Kier alpha value is -0.610. The molecule has 0 spiro atoms. The van der Waals surface area contributed by atoms with E-state index in [9.17, 15) is 4.79 Å². The van der Waals surface area contributed by atoms with Gasteiger partial charge in [0, 0.05) is 13.2 Å². The van der Waals surface area contributed by atoms with Gasteiger partial charge in [-0.15, -0.1) is 0 Å². The van der Waals surface area contributed by atoms with E-state index in [1.807, 2.05) is 6.92 Å². The second kappa shape index (κ2) is 3.87. The third-order valence-corrected chi connectivity index (χ3v) is 3.26. The molecule has 0 saturated carbocycles. The van der Waals surface area contributed by atoms with Gasteiger partial charge in [-0.25, -0.2) is 0 Å². The molecule has 2 aliphatic rings. The zero-order valence-corrected chi connectivity index (χ0v) is 8.54. The molecule has 0 amide bonds. The SMILES string of the molecule is CCOC(=O)[C@]12CNC[C@H]1CCOC2. The highest BCUT2D eigenvalue weighted by molar-refractivity contribution is 5.78. The molecule has 2 saturated heterocycles. The molecular weight excluding hydrogens is 182 g/mol. The van der Waals surface area contributed by atoms with Crippen LogP contribution in [-0.2, 0) is 14.3 Å². The minimum atomic E-state index is -0.395. The summed E-state index contributed by atoms with van der Waals surface area (Å²) in [5.41, 5.74) is -0.395. The lowest BCUT2D eigenvalue weighted by molar-refractivity contribution is -0.165. The average molecular weight is 199 g/mol. The fraction of sp³-hybridized carbons (Fsp3) is 0.900. The normalized spacial score (nSPS) is 36.5. The topological polar surface area (TPSA) is 47.6 Å². The third kappa shape index (κ3) is 1.42. The van der Waals surface area contributed by atoms with Crippen molar-refractivity contribution >= 4 is 5.97 Å². The van der Waals surface area contributed by atoms with Crippen LogP contribution >= 0.6 is 0 Å². The van der Waals surface area contributed by atoms with Gasteiger partial charge in [-0.05, 0) is 25.8 Å². The molecular formula is C10H17NO3. The number of rotatable bonds is 2. The van der Waals surface area contributed by atoms with Crippen molar-refractivity contribution in [2.75, 3.05) is 32.9 Å². The number of carbonyl (C=O) groups is 1. The minimum Gasteiger partial charge on any atom is -0.465 e. The predicted molar refractivity (Wildman–Crippen MR) is 50.9 cm³/mol. The van der Waals surface area contributed by atoms with E-state index < -0.39 is 5.41 Å². The van der Waals surface area contributed by atoms with Crippen LogP contribution in [0.5, 0.6) is 0 Å². The molecule has 2 aliphatic heterocycles. The van der Waals surface area contributed by atoms with E-state index in [2.05, 4.69) is 5.32 Å². The summed E-state index contributed by atoms with van der Waals surface area (Å²) >= 11 is 0. The third-order valence-electron chi connectivity index (χ3n) is 3.26. The standard InChI is InChI=1S/C10H17NO3/c1-2-14-9(12)10-6-11-5-8(10)3-4-13-7-10/h8,11H,2-7H2,1H3/t8-,10+/m1/s1. The lowest BCUT2D eigenvalue weighted by Crippen LogP contribution is -2.47. The summed E-state index contributed by atoms with van der Waals surface area (Å²) in [6, 6.07) is 0. The van der Waals surface area contributed by atoms with Gasteiger partial charge in [0.2, 0.25) is 0 Å². The van der Waals surface area contributed by atoms with Crippen molar-refractivity contribution < 1.29 is 14.3 Å². The van der Waals surface area contributed by atoms with Gasteiger partial charge in [0.1, 0.15) is 5.41 Å². The summed E-state index contributed by atoms with van der Waals surface area (Å²) in [4.78, 5) is 11.9. The summed E-state index contributed by atoms with van der Waals surface area (Å²) in [7, 11) is 0. The van der Waals surface area contributed by atoms with Crippen molar-refractivity contribution in [2.24, 2.45) is 11.3 Å². The van der Waals surface area contributed by atoms with Gasteiger partial charge < -0.3 is 14.8 Å². The number of fused-ring (bicyclic) bond motifs is 1. The Morgan fingerprint density at radius 1 is 1.71 bits per heavy atom. The molecule has 0 aromatic carbocycles. The maximum absolute atomic E-state index is 11.9. The maximum Gasteiger partial charge on any atom is 0.316 e. The van der Waals surface area contributed by atoms with Crippen molar-refractivity contribution in [3.05, 3.63) is 0 Å². The number of nitrogens with one attached hydrogen (secondary N) is 1. The van der Waals surface area contributed by atoms with Crippen LogP contribution in [-0.4, -0.2) is 38.9 Å². The molecule has 2 fully saturated rings. The highest BCUT2D eigenvalue weighted by atomic mass is 16.5. The van der Waals surface area contributed by atoms with E-state index in [4.69, 9.17) is 9.47 Å². The number of esters is 1. The molecule has 4 heteroatoms. The average Bonchev–Trinajstić information content (AvgIpc) is 2.62. The molecule has 14 heavy (non-hydrogen) atoms. The van der Waals surface area contributed by atoms with E-state index in [1.165, 1.54) is 0 Å². The Balaban J connectivity index is 2.13. The van der Waals surface area contributed by atoms with Crippen molar-refractivity contribution in [1.29, 1.82) is 0 Å². The monoisotopic (exact) mass is 199 g/mol. The molecule has 0 aromatic rings. The second-order valence-corrected chi connectivity index (χ2v) is 4.05.